The highest BCUT2D eigenvalue weighted by Gasteiger charge is 2.25. The van der Waals surface area contributed by atoms with Gasteiger partial charge < -0.3 is 16.4 Å². The molecule has 0 spiro atoms. The summed E-state index contributed by atoms with van der Waals surface area (Å²) in [6.07, 6.45) is 3.30. The standard InChI is InChI=1S/C13H23N5O/c1-3-10-12(15)13(17(2)16-10)18-6-4-9(5-7-18)8-11(14)19/h9H,3-8,15H2,1-2H3,(H2,14,19). The van der Waals surface area contributed by atoms with Crippen LogP contribution >= 0.6 is 0 Å². The molecule has 6 nitrogen and oxygen atoms in total. The van der Waals surface area contributed by atoms with Crippen LogP contribution in [0, 0.1) is 5.92 Å². The number of carbonyl (C=O) groups excluding carboxylic acids is 1. The fourth-order valence-corrected chi connectivity index (χ4v) is 2.86. The molecule has 19 heavy (non-hydrogen) atoms. The number of carbonyl (C=O) groups is 1. The predicted molar refractivity (Wildman–Crippen MR) is 75.7 cm³/mol. The number of nitrogens with zero attached hydrogens (tertiary/aromatic N) is 3. The molecule has 0 bridgehead atoms. The smallest absolute Gasteiger partial charge is 0.217 e. The third-order valence-corrected chi connectivity index (χ3v) is 3.87. The third kappa shape index (κ3) is 2.83. The van der Waals surface area contributed by atoms with Crippen LogP contribution in [-0.4, -0.2) is 28.8 Å². The van der Waals surface area contributed by atoms with Crippen molar-refractivity contribution in [3.8, 4) is 0 Å². The number of nitrogens with two attached hydrogens (primary N) is 2. The minimum Gasteiger partial charge on any atom is -0.394 e. The molecular weight excluding hydrogens is 242 g/mol. The predicted octanol–water partition coefficient (Wildman–Crippen LogP) is 0.657. The van der Waals surface area contributed by atoms with Crippen molar-refractivity contribution in [1.29, 1.82) is 0 Å². The second kappa shape index (κ2) is 5.50. The number of primary amides is 1. The lowest BCUT2D eigenvalue weighted by molar-refractivity contribution is -0.119. The number of piperidine rings is 1. The molecule has 6 heteroatoms. The summed E-state index contributed by atoms with van der Waals surface area (Å²) >= 11 is 0. The molecule has 0 aliphatic carbocycles. The number of amides is 1. The zero-order valence-electron chi connectivity index (χ0n) is 11.7. The van der Waals surface area contributed by atoms with Gasteiger partial charge in [0.25, 0.3) is 0 Å². The summed E-state index contributed by atoms with van der Waals surface area (Å²) < 4.78 is 1.86. The van der Waals surface area contributed by atoms with E-state index < -0.39 is 0 Å². The van der Waals surface area contributed by atoms with Gasteiger partial charge in [0.1, 0.15) is 5.82 Å². The van der Waals surface area contributed by atoms with Gasteiger partial charge in [-0.1, -0.05) is 6.92 Å². The summed E-state index contributed by atoms with van der Waals surface area (Å²) in [4.78, 5) is 13.2. The molecule has 1 amide bonds. The number of aryl methyl sites for hydroxylation is 2. The Morgan fingerprint density at radius 3 is 2.53 bits per heavy atom. The number of anilines is 2. The topological polar surface area (TPSA) is 90.2 Å². The van der Waals surface area contributed by atoms with Crippen molar-refractivity contribution in [3.05, 3.63) is 5.69 Å². The molecule has 4 N–H and O–H groups in total. The molecule has 2 heterocycles. The Bertz CT molecular complexity index is 460. The van der Waals surface area contributed by atoms with Crippen LogP contribution in [0.25, 0.3) is 0 Å². The number of nitrogen functional groups attached to an aromatic ring is 1. The molecule has 1 fully saturated rings. The van der Waals surface area contributed by atoms with Crippen molar-refractivity contribution in [1.82, 2.24) is 9.78 Å². The Morgan fingerprint density at radius 1 is 1.42 bits per heavy atom. The zero-order valence-corrected chi connectivity index (χ0v) is 11.7. The monoisotopic (exact) mass is 265 g/mol. The highest BCUT2D eigenvalue weighted by atomic mass is 16.1. The molecule has 2 rings (SSSR count). The zero-order chi connectivity index (χ0) is 14.0. The van der Waals surface area contributed by atoms with Crippen molar-refractivity contribution >= 4 is 17.4 Å². The van der Waals surface area contributed by atoms with Crippen molar-refractivity contribution in [2.45, 2.75) is 32.6 Å². The largest absolute Gasteiger partial charge is 0.394 e. The average molecular weight is 265 g/mol. The maximum Gasteiger partial charge on any atom is 0.217 e. The molecule has 1 aliphatic heterocycles. The van der Waals surface area contributed by atoms with Gasteiger partial charge in [0.05, 0.1) is 11.4 Å². The van der Waals surface area contributed by atoms with Crippen molar-refractivity contribution in [2.75, 3.05) is 23.7 Å². The minimum absolute atomic E-state index is 0.202. The fourth-order valence-electron chi connectivity index (χ4n) is 2.86. The number of rotatable bonds is 4. The van der Waals surface area contributed by atoms with Crippen molar-refractivity contribution in [3.63, 3.8) is 0 Å². The second-order valence-corrected chi connectivity index (χ2v) is 5.26. The lowest BCUT2D eigenvalue weighted by Gasteiger charge is -2.33. The molecule has 1 saturated heterocycles. The fraction of sp³-hybridized carbons (Fsp3) is 0.692. The number of hydrogen-bond donors (Lipinski definition) is 2. The van der Waals surface area contributed by atoms with Crippen LogP contribution in [0.2, 0.25) is 0 Å². The second-order valence-electron chi connectivity index (χ2n) is 5.26. The van der Waals surface area contributed by atoms with Crippen LogP contribution in [0.4, 0.5) is 11.5 Å². The van der Waals surface area contributed by atoms with E-state index >= 15 is 0 Å². The van der Waals surface area contributed by atoms with Crippen LogP contribution in [0.3, 0.4) is 0 Å². The van der Waals surface area contributed by atoms with E-state index in [1.807, 2.05) is 11.7 Å². The maximum absolute atomic E-state index is 10.9. The van der Waals surface area contributed by atoms with E-state index in [0.717, 1.165) is 49.6 Å². The van der Waals surface area contributed by atoms with Crippen molar-refractivity contribution < 1.29 is 4.79 Å². The Balaban J connectivity index is 2.05. The summed E-state index contributed by atoms with van der Waals surface area (Å²) in [5.74, 6) is 1.22. The number of hydrogen-bond acceptors (Lipinski definition) is 4. The van der Waals surface area contributed by atoms with Gasteiger partial charge in [-0.05, 0) is 25.2 Å². The van der Waals surface area contributed by atoms with Crippen molar-refractivity contribution in [2.24, 2.45) is 18.7 Å². The molecule has 0 aromatic carbocycles. The molecule has 0 unspecified atom stereocenters. The normalized spacial score (nSPS) is 16.8. The molecule has 0 atom stereocenters. The van der Waals surface area contributed by atoms with Crippen LogP contribution in [0.5, 0.6) is 0 Å². The lowest BCUT2D eigenvalue weighted by atomic mass is 9.93. The molecule has 1 aromatic heterocycles. The van der Waals surface area contributed by atoms with Gasteiger partial charge in [0, 0.05) is 26.6 Å². The minimum atomic E-state index is -0.202. The van der Waals surface area contributed by atoms with Gasteiger partial charge in [-0.3, -0.25) is 9.48 Å². The first-order chi connectivity index (χ1) is 9.02. The summed E-state index contributed by atoms with van der Waals surface area (Å²) in [7, 11) is 1.93. The van der Waals surface area contributed by atoms with Gasteiger partial charge in [0.15, 0.2) is 0 Å². The SMILES string of the molecule is CCc1nn(C)c(N2CCC(CC(N)=O)CC2)c1N. The van der Waals surface area contributed by atoms with Crippen LogP contribution in [-0.2, 0) is 18.3 Å². The average Bonchev–Trinajstić information content (AvgIpc) is 2.65. The Hall–Kier alpha value is -1.72. The lowest BCUT2D eigenvalue weighted by Crippen LogP contribution is -2.36. The first-order valence-corrected chi connectivity index (χ1v) is 6.87. The van der Waals surface area contributed by atoms with Crippen LogP contribution in [0.1, 0.15) is 31.9 Å². The van der Waals surface area contributed by atoms with Crippen LogP contribution < -0.4 is 16.4 Å². The molecule has 0 saturated carbocycles. The van der Waals surface area contributed by atoms with E-state index in [2.05, 4.69) is 16.9 Å². The quantitative estimate of drug-likeness (QED) is 0.836. The van der Waals surface area contributed by atoms with E-state index in [1.54, 1.807) is 0 Å². The molecule has 106 valence electrons. The highest BCUT2D eigenvalue weighted by molar-refractivity contribution is 5.74. The highest BCUT2D eigenvalue weighted by Crippen LogP contribution is 2.30. The Kier molecular flexibility index (Phi) is 3.97. The van der Waals surface area contributed by atoms with E-state index in [1.165, 1.54) is 0 Å². The molecule has 1 aromatic rings. The van der Waals surface area contributed by atoms with E-state index in [0.29, 0.717) is 12.3 Å². The Labute approximate surface area is 113 Å². The maximum atomic E-state index is 10.9. The van der Waals surface area contributed by atoms with Gasteiger partial charge in [-0.25, -0.2) is 0 Å². The van der Waals surface area contributed by atoms with Gasteiger partial charge in [-0.15, -0.1) is 0 Å². The summed E-state index contributed by atoms with van der Waals surface area (Å²) in [5.41, 5.74) is 13.2. The van der Waals surface area contributed by atoms with Crippen LogP contribution in [0.15, 0.2) is 0 Å². The van der Waals surface area contributed by atoms with E-state index in [4.69, 9.17) is 11.5 Å². The summed E-state index contributed by atoms with van der Waals surface area (Å²) in [5, 5.41) is 4.45. The van der Waals surface area contributed by atoms with Gasteiger partial charge >= 0.3 is 0 Å². The van der Waals surface area contributed by atoms with E-state index in [9.17, 15) is 4.79 Å². The molecule has 0 radical (unpaired) electrons. The van der Waals surface area contributed by atoms with Gasteiger partial charge in [0.2, 0.25) is 5.91 Å². The number of aromatic nitrogens is 2. The molecular formula is C13H23N5O. The first kappa shape index (κ1) is 13.7. The molecule has 1 aliphatic rings. The summed E-state index contributed by atoms with van der Waals surface area (Å²) in [6.45, 7) is 3.87. The Morgan fingerprint density at radius 2 is 2.05 bits per heavy atom. The first-order valence-electron chi connectivity index (χ1n) is 6.87. The third-order valence-electron chi connectivity index (χ3n) is 3.87. The van der Waals surface area contributed by atoms with Gasteiger partial charge in [-0.2, -0.15) is 5.10 Å². The van der Waals surface area contributed by atoms with E-state index in [-0.39, 0.29) is 5.91 Å². The summed E-state index contributed by atoms with van der Waals surface area (Å²) in [6, 6.07) is 0.